The van der Waals surface area contributed by atoms with Gasteiger partial charge in [0.25, 0.3) is 0 Å². The first-order valence-electron chi connectivity index (χ1n) is 6.62. The van der Waals surface area contributed by atoms with Gasteiger partial charge < -0.3 is 15.2 Å². The molecule has 0 aliphatic rings. The molecule has 0 bridgehead atoms. The molecular weight excluding hydrogens is 354 g/mol. The van der Waals surface area contributed by atoms with Crippen LogP contribution in [0.25, 0.3) is 0 Å². The van der Waals surface area contributed by atoms with Crippen LogP contribution in [0.1, 0.15) is 18.5 Å². The lowest BCUT2D eigenvalue weighted by molar-refractivity contribution is 0.217. The molecule has 0 radical (unpaired) electrons. The number of halogens is 2. The second-order valence-corrected chi connectivity index (χ2v) is 5.95. The SMILES string of the molecule is CC(N)c1ccc(OCCOc2ccc(Br)cc2)c(Cl)c1. The molecule has 0 aromatic heterocycles. The van der Waals surface area contributed by atoms with Crippen molar-refractivity contribution in [3.8, 4) is 11.5 Å². The first-order valence-corrected chi connectivity index (χ1v) is 7.79. The molecule has 1 atom stereocenters. The Hall–Kier alpha value is -1.23. The lowest BCUT2D eigenvalue weighted by Crippen LogP contribution is -2.10. The van der Waals surface area contributed by atoms with Gasteiger partial charge >= 0.3 is 0 Å². The highest BCUT2D eigenvalue weighted by molar-refractivity contribution is 9.10. The molecule has 0 spiro atoms. The molecular formula is C16H17BrClNO2. The zero-order valence-electron chi connectivity index (χ0n) is 11.7. The molecule has 0 heterocycles. The van der Waals surface area contributed by atoms with Crippen molar-refractivity contribution < 1.29 is 9.47 Å². The second kappa shape index (κ2) is 7.69. The Morgan fingerprint density at radius 3 is 2.38 bits per heavy atom. The van der Waals surface area contributed by atoms with Crippen molar-refractivity contribution >= 4 is 27.5 Å². The molecule has 112 valence electrons. The Kier molecular flexibility index (Phi) is 5.91. The van der Waals surface area contributed by atoms with Gasteiger partial charge in [-0.3, -0.25) is 0 Å². The summed E-state index contributed by atoms with van der Waals surface area (Å²) in [5.41, 5.74) is 6.79. The summed E-state index contributed by atoms with van der Waals surface area (Å²) in [5.74, 6) is 1.45. The van der Waals surface area contributed by atoms with Crippen LogP contribution in [0, 0.1) is 0 Å². The molecule has 0 aliphatic carbocycles. The third-order valence-corrected chi connectivity index (χ3v) is 3.73. The van der Waals surface area contributed by atoms with E-state index in [1.165, 1.54) is 0 Å². The molecule has 0 saturated heterocycles. The second-order valence-electron chi connectivity index (χ2n) is 4.63. The molecule has 2 aromatic carbocycles. The van der Waals surface area contributed by atoms with E-state index < -0.39 is 0 Å². The topological polar surface area (TPSA) is 44.5 Å². The van der Waals surface area contributed by atoms with Crippen LogP contribution in [0.15, 0.2) is 46.9 Å². The summed E-state index contributed by atoms with van der Waals surface area (Å²) in [6, 6.07) is 13.2. The predicted molar refractivity (Wildman–Crippen MR) is 89.2 cm³/mol. The Labute approximate surface area is 138 Å². The van der Waals surface area contributed by atoms with Crippen LogP contribution in [-0.2, 0) is 0 Å². The minimum Gasteiger partial charge on any atom is -0.490 e. The van der Waals surface area contributed by atoms with E-state index in [-0.39, 0.29) is 6.04 Å². The van der Waals surface area contributed by atoms with Gasteiger partial charge in [0.1, 0.15) is 24.7 Å². The zero-order chi connectivity index (χ0) is 15.2. The lowest BCUT2D eigenvalue weighted by Gasteiger charge is -2.12. The first-order chi connectivity index (χ1) is 10.1. The van der Waals surface area contributed by atoms with E-state index in [1.807, 2.05) is 49.4 Å². The van der Waals surface area contributed by atoms with Crippen LogP contribution < -0.4 is 15.2 Å². The minimum atomic E-state index is -0.0442. The summed E-state index contributed by atoms with van der Waals surface area (Å²) in [4.78, 5) is 0. The molecule has 0 amide bonds. The first kappa shape index (κ1) is 16.1. The average Bonchev–Trinajstić information content (AvgIpc) is 2.46. The number of nitrogens with two attached hydrogens (primary N) is 1. The largest absolute Gasteiger partial charge is 0.490 e. The van der Waals surface area contributed by atoms with Gasteiger partial charge in [0.2, 0.25) is 0 Å². The lowest BCUT2D eigenvalue weighted by atomic mass is 10.1. The highest BCUT2D eigenvalue weighted by Gasteiger charge is 2.06. The smallest absolute Gasteiger partial charge is 0.138 e. The molecule has 0 aliphatic heterocycles. The number of benzene rings is 2. The molecule has 21 heavy (non-hydrogen) atoms. The third-order valence-electron chi connectivity index (χ3n) is 2.90. The van der Waals surface area contributed by atoms with Crippen molar-refractivity contribution in [3.63, 3.8) is 0 Å². The maximum Gasteiger partial charge on any atom is 0.138 e. The molecule has 5 heteroatoms. The van der Waals surface area contributed by atoms with E-state index in [0.29, 0.717) is 24.0 Å². The molecule has 2 aromatic rings. The molecule has 2 N–H and O–H groups in total. The van der Waals surface area contributed by atoms with Gasteiger partial charge in [-0.25, -0.2) is 0 Å². The Morgan fingerprint density at radius 2 is 1.76 bits per heavy atom. The van der Waals surface area contributed by atoms with Crippen molar-refractivity contribution in [2.75, 3.05) is 13.2 Å². The molecule has 3 nitrogen and oxygen atoms in total. The van der Waals surface area contributed by atoms with Gasteiger partial charge in [-0.1, -0.05) is 33.6 Å². The number of hydrogen-bond acceptors (Lipinski definition) is 3. The van der Waals surface area contributed by atoms with E-state index >= 15 is 0 Å². The highest BCUT2D eigenvalue weighted by Crippen LogP contribution is 2.27. The van der Waals surface area contributed by atoms with Gasteiger partial charge in [0.15, 0.2) is 0 Å². The van der Waals surface area contributed by atoms with Crippen LogP contribution in [-0.4, -0.2) is 13.2 Å². The van der Waals surface area contributed by atoms with Gasteiger partial charge in [0, 0.05) is 10.5 Å². The quantitative estimate of drug-likeness (QED) is 0.757. The molecule has 2 rings (SSSR count). The zero-order valence-corrected chi connectivity index (χ0v) is 14.0. The maximum absolute atomic E-state index is 6.16. The number of rotatable bonds is 6. The van der Waals surface area contributed by atoms with Crippen molar-refractivity contribution in [3.05, 3.63) is 57.5 Å². The fourth-order valence-electron chi connectivity index (χ4n) is 1.76. The predicted octanol–water partition coefficient (Wildman–Crippen LogP) is 4.58. The summed E-state index contributed by atoms with van der Waals surface area (Å²) in [6.07, 6.45) is 0. The van der Waals surface area contributed by atoms with Crippen LogP contribution in [0.5, 0.6) is 11.5 Å². The Bertz CT molecular complexity index is 587. The summed E-state index contributed by atoms with van der Waals surface area (Å²) in [5, 5.41) is 0.563. The average molecular weight is 371 g/mol. The van der Waals surface area contributed by atoms with Crippen LogP contribution in [0.4, 0.5) is 0 Å². The summed E-state index contributed by atoms with van der Waals surface area (Å²) < 4.78 is 12.2. The summed E-state index contributed by atoms with van der Waals surface area (Å²) in [6.45, 7) is 2.79. The highest BCUT2D eigenvalue weighted by atomic mass is 79.9. The van der Waals surface area contributed by atoms with Crippen molar-refractivity contribution in [1.29, 1.82) is 0 Å². The molecule has 1 unspecified atom stereocenters. The fourth-order valence-corrected chi connectivity index (χ4v) is 2.27. The van der Waals surface area contributed by atoms with Gasteiger partial charge in [0.05, 0.1) is 5.02 Å². The van der Waals surface area contributed by atoms with Crippen molar-refractivity contribution in [2.45, 2.75) is 13.0 Å². The number of hydrogen-bond donors (Lipinski definition) is 1. The van der Waals surface area contributed by atoms with E-state index in [1.54, 1.807) is 0 Å². The summed E-state index contributed by atoms with van der Waals surface area (Å²) in [7, 11) is 0. The van der Waals surface area contributed by atoms with Crippen molar-refractivity contribution in [2.24, 2.45) is 5.73 Å². The summed E-state index contributed by atoms with van der Waals surface area (Å²) >= 11 is 9.54. The number of ether oxygens (including phenoxy) is 2. The van der Waals surface area contributed by atoms with Crippen LogP contribution in [0.3, 0.4) is 0 Å². The van der Waals surface area contributed by atoms with Crippen LogP contribution >= 0.6 is 27.5 Å². The minimum absolute atomic E-state index is 0.0442. The maximum atomic E-state index is 6.16. The Morgan fingerprint density at radius 1 is 1.10 bits per heavy atom. The normalized spacial score (nSPS) is 12.0. The van der Waals surface area contributed by atoms with Crippen LogP contribution in [0.2, 0.25) is 5.02 Å². The van der Waals surface area contributed by atoms with Gasteiger partial charge in [-0.15, -0.1) is 0 Å². The standard InChI is InChI=1S/C16H17BrClNO2/c1-11(19)12-2-7-16(15(18)10-12)21-9-8-20-14-5-3-13(17)4-6-14/h2-7,10-11H,8-9,19H2,1H3. The van der Waals surface area contributed by atoms with Gasteiger partial charge in [-0.05, 0) is 48.9 Å². The fraction of sp³-hybridized carbons (Fsp3) is 0.250. The Balaban J connectivity index is 1.82. The molecule has 0 fully saturated rings. The van der Waals surface area contributed by atoms with E-state index in [0.717, 1.165) is 15.8 Å². The van der Waals surface area contributed by atoms with Crippen molar-refractivity contribution in [1.82, 2.24) is 0 Å². The monoisotopic (exact) mass is 369 g/mol. The third kappa shape index (κ3) is 4.92. The molecule has 0 saturated carbocycles. The van der Waals surface area contributed by atoms with E-state index in [4.69, 9.17) is 26.8 Å². The van der Waals surface area contributed by atoms with E-state index in [9.17, 15) is 0 Å². The van der Waals surface area contributed by atoms with E-state index in [2.05, 4.69) is 15.9 Å². The van der Waals surface area contributed by atoms with Gasteiger partial charge in [-0.2, -0.15) is 0 Å².